The first-order valence-corrected chi connectivity index (χ1v) is 7.59. The number of amides is 1. The zero-order valence-electron chi connectivity index (χ0n) is 11.9. The lowest BCUT2D eigenvalue weighted by Gasteiger charge is -2.07. The maximum absolute atomic E-state index is 12.1. The van der Waals surface area contributed by atoms with Crippen LogP contribution in [-0.2, 0) is 17.9 Å². The van der Waals surface area contributed by atoms with Crippen molar-refractivity contribution in [1.29, 1.82) is 0 Å². The second-order valence-electron chi connectivity index (χ2n) is 4.93. The molecule has 0 saturated carbocycles. The van der Waals surface area contributed by atoms with Crippen LogP contribution in [0.15, 0.2) is 51.7 Å². The number of oxazole rings is 1. The van der Waals surface area contributed by atoms with E-state index < -0.39 is 5.76 Å². The number of halogens is 2. The van der Waals surface area contributed by atoms with Gasteiger partial charge in [0.05, 0.1) is 5.52 Å². The van der Waals surface area contributed by atoms with Crippen molar-refractivity contribution in [3.8, 4) is 0 Å². The maximum atomic E-state index is 12.1. The SMILES string of the molecule is O=C(Cn1c(=O)oc2cc(Cl)ccc21)NCc1ccccc1Cl. The van der Waals surface area contributed by atoms with Crippen molar-refractivity contribution in [1.82, 2.24) is 9.88 Å². The number of rotatable bonds is 4. The number of benzene rings is 2. The zero-order chi connectivity index (χ0) is 16.4. The highest BCUT2D eigenvalue weighted by molar-refractivity contribution is 6.31. The van der Waals surface area contributed by atoms with E-state index in [9.17, 15) is 9.59 Å². The molecule has 1 aromatic heterocycles. The quantitative estimate of drug-likeness (QED) is 0.785. The molecule has 0 bridgehead atoms. The van der Waals surface area contributed by atoms with Gasteiger partial charge >= 0.3 is 5.76 Å². The molecule has 0 aliphatic heterocycles. The number of fused-ring (bicyclic) bond motifs is 1. The average Bonchev–Trinajstić information content (AvgIpc) is 2.81. The highest BCUT2D eigenvalue weighted by atomic mass is 35.5. The summed E-state index contributed by atoms with van der Waals surface area (Å²) in [4.78, 5) is 23.9. The first kappa shape index (κ1) is 15.6. The van der Waals surface area contributed by atoms with Crippen LogP contribution in [0.3, 0.4) is 0 Å². The van der Waals surface area contributed by atoms with Gasteiger partial charge in [-0.25, -0.2) is 4.79 Å². The van der Waals surface area contributed by atoms with Gasteiger partial charge in [-0.15, -0.1) is 0 Å². The summed E-state index contributed by atoms with van der Waals surface area (Å²) >= 11 is 11.9. The normalized spacial score (nSPS) is 10.9. The van der Waals surface area contributed by atoms with E-state index in [2.05, 4.69) is 5.32 Å². The molecule has 0 aliphatic carbocycles. The van der Waals surface area contributed by atoms with Gasteiger partial charge < -0.3 is 9.73 Å². The fraction of sp³-hybridized carbons (Fsp3) is 0.125. The molecule has 1 amide bonds. The predicted molar refractivity (Wildman–Crippen MR) is 88.8 cm³/mol. The number of nitrogens with zero attached hydrogens (tertiary/aromatic N) is 1. The van der Waals surface area contributed by atoms with E-state index >= 15 is 0 Å². The third kappa shape index (κ3) is 3.41. The fourth-order valence-electron chi connectivity index (χ4n) is 2.23. The Morgan fingerprint density at radius 3 is 2.74 bits per heavy atom. The Bertz CT molecular complexity index is 930. The molecule has 0 unspecified atom stereocenters. The highest BCUT2D eigenvalue weighted by Crippen LogP contribution is 2.18. The number of aromatic nitrogens is 1. The molecule has 7 heteroatoms. The molecule has 3 aromatic rings. The molecule has 1 heterocycles. The van der Waals surface area contributed by atoms with E-state index in [1.165, 1.54) is 10.6 Å². The summed E-state index contributed by atoms with van der Waals surface area (Å²) in [6.07, 6.45) is 0. The Morgan fingerprint density at radius 1 is 1.17 bits per heavy atom. The summed E-state index contributed by atoms with van der Waals surface area (Å²) in [6.45, 7) is 0.146. The third-order valence-electron chi connectivity index (χ3n) is 3.37. The molecule has 0 aliphatic rings. The number of carbonyl (C=O) groups is 1. The van der Waals surface area contributed by atoms with E-state index in [4.69, 9.17) is 27.6 Å². The standard InChI is InChI=1S/C16H12Cl2N2O3/c17-11-5-6-13-14(7-11)23-16(22)20(13)9-15(21)19-8-10-3-1-2-4-12(10)18/h1-7H,8-9H2,(H,19,21). The van der Waals surface area contributed by atoms with Gasteiger partial charge in [0.25, 0.3) is 0 Å². The lowest BCUT2D eigenvalue weighted by atomic mass is 10.2. The minimum atomic E-state index is -0.602. The van der Waals surface area contributed by atoms with Gasteiger partial charge in [0.15, 0.2) is 5.58 Å². The van der Waals surface area contributed by atoms with Crippen molar-refractivity contribution >= 4 is 40.2 Å². The molecule has 5 nitrogen and oxygen atoms in total. The summed E-state index contributed by atoms with van der Waals surface area (Å²) in [5.41, 5.74) is 1.67. The fourth-order valence-corrected chi connectivity index (χ4v) is 2.59. The molecule has 3 rings (SSSR count). The Balaban J connectivity index is 1.75. The summed E-state index contributed by atoms with van der Waals surface area (Å²) in [5, 5.41) is 3.77. The second kappa shape index (κ2) is 6.48. The molecule has 118 valence electrons. The Hall–Kier alpha value is -2.24. The largest absolute Gasteiger partial charge is 0.420 e. The van der Waals surface area contributed by atoms with Crippen molar-refractivity contribution in [3.63, 3.8) is 0 Å². The summed E-state index contributed by atoms with van der Waals surface area (Å²) < 4.78 is 6.34. The van der Waals surface area contributed by atoms with Gasteiger partial charge in [0, 0.05) is 22.7 Å². The van der Waals surface area contributed by atoms with Crippen LogP contribution >= 0.6 is 23.2 Å². The summed E-state index contributed by atoms with van der Waals surface area (Å²) in [5.74, 6) is -0.917. The molecule has 1 N–H and O–H groups in total. The minimum Gasteiger partial charge on any atom is -0.408 e. The number of carbonyl (C=O) groups excluding carboxylic acids is 1. The molecule has 0 radical (unpaired) electrons. The minimum absolute atomic E-state index is 0.141. The molecule has 0 atom stereocenters. The van der Waals surface area contributed by atoms with Gasteiger partial charge in [0.1, 0.15) is 6.54 Å². The molecule has 0 fully saturated rings. The first-order valence-electron chi connectivity index (χ1n) is 6.83. The van der Waals surface area contributed by atoms with Gasteiger partial charge in [-0.1, -0.05) is 41.4 Å². The van der Waals surface area contributed by atoms with Crippen LogP contribution < -0.4 is 11.1 Å². The van der Waals surface area contributed by atoms with Crippen molar-refractivity contribution in [2.75, 3.05) is 0 Å². The van der Waals surface area contributed by atoms with Crippen LogP contribution in [0.5, 0.6) is 0 Å². The van der Waals surface area contributed by atoms with Crippen LogP contribution in [0, 0.1) is 0 Å². The smallest absolute Gasteiger partial charge is 0.408 e. The van der Waals surface area contributed by atoms with Gasteiger partial charge in [-0.2, -0.15) is 0 Å². The Labute approximate surface area is 141 Å². The van der Waals surface area contributed by atoms with Gasteiger partial charge in [-0.3, -0.25) is 9.36 Å². The average molecular weight is 351 g/mol. The first-order chi connectivity index (χ1) is 11.0. The molecular weight excluding hydrogens is 339 g/mol. The van der Waals surface area contributed by atoms with Crippen LogP contribution in [0.4, 0.5) is 0 Å². The van der Waals surface area contributed by atoms with Crippen LogP contribution in [-0.4, -0.2) is 10.5 Å². The van der Waals surface area contributed by atoms with E-state index in [1.807, 2.05) is 18.2 Å². The van der Waals surface area contributed by atoms with Gasteiger partial charge in [-0.05, 0) is 23.8 Å². The van der Waals surface area contributed by atoms with Crippen molar-refractivity contribution in [2.45, 2.75) is 13.1 Å². The van der Waals surface area contributed by atoms with E-state index in [-0.39, 0.29) is 19.0 Å². The Kier molecular flexibility index (Phi) is 4.41. The zero-order valence-corrected chi connectivity index (χ0v) is 13.4. The molecule has 0 saturated heterocycles. The third-order valence-corrected chi connectivity index (χ3v) is 3.97. The lowest BCUT2D eigenvalue weighted by molar-refractivity contribution is -0.121. The summed E-state index contributed by atoms with van der Waals surface area (Å²) in [6, 6.07) is 12.0. The summed E-state index contributed by atoms with van der Waals surface area (Å²) in [7, 11) is 0. The number of hydrogen-bond donors (Lipinski definition) is 1. The molecule has 0 spiro atoms. The molecular formula is C16H12Cl2N2O3. The maximum Gasteiger partial charge on any atom is 0.420 e. The number of hydrogen-bond acceptors (Lipinski definition) is 3. The molecule has 23 heavy (non-hydrogen) atoms. The topological polar surface area (TPSA) is 64.2 Å². The van der Waals surface area contributed by atoms with E-state index in [1.54, 1.807) is 18.2 Å². The van der Waals surface area contributed by atoms with Crippen molar-refractivity contribution in [2.24, 2.45) is 0 Å². The van der Waals surface area contributed by atoms with Crippen LogP contribution in [0.1, 0.15) is 5.56 Å². The number of nitrogens with one attached hydrogen (secondary N) is 1. The Morgan fingerprint density at radius 2 is 1.96 bits per heavy atom. The van der Waals surface area contributed by atoms with E-state index in [0.717, 1.165) is 5.56 Å². The lowest BCUT2D eigenvalue weighted by Crippen LogP contribution is -2.30. The molecule has 2 aromatic carbocycles. The van der Waals surface area contributed by atoms with Gasteiger partial charge in [0.2, 0.25) is 5.91 Å². The van der Waals surface area contributed by atoms with Crippen molar-refractivity contribution in [3.05, 3.63) is 68.6 Å². The second-order valence-corrected chi connectivity index (χ2v) is 5.78. The van der Waals surface area contributed by atoms with E-state index in [0.29, 0.717) is 21.1 Å². The van der Waals surface area contributed by atoms with Crippen LogP contribution in [0.25, 0.3) is 11.1 Å². The highest BCUT2D eigenvalue weighted by Gasteiger charge is 2.13. The predicted octanol–water partition coefficient (Wildman–Crippen LogP) is 3.22. The monoisotopic (exact) mass is 350 g/mol. The van der Waals surface area contributed by atoms with Crippen molar-refractivity contribution < 1.29 is 9.21 Å². The van der Waals surface area contributed by atoms with Crippen LogP contribution in [0.2, 0.25) is 10.0 Å².